The van der Waals surface area contributed by atoms with Gasteiger partial charge in [-0.15, -0.1) is 11.3 Å². The highest BCUT2D eigenvalue weighted by Crippen LogP contribution is 2.26. The molecule has 1 amide bonds. The Balaban J connectivity index is 1.70. The average molecular weight is 372 g/mol. The molecular formula is C19H21N3OS2. The molecule has 4 nitrogen and oxygen atoms in total. The van der Waals surface area contributed by atoms with Gasteiger partial charge in [0.2, 0.25) is 5.91 Å². The summed E-state index contributed by atoms with van der Waals surface area (Å²) in [6.07, 6.45) is 3.72. The summed E-state index contributed by atoms with van der Waals surface area (Å²) in [5.41, 5.74) is 3.48. The van der Waals surface area contributed by atoms with Crippen molar-refractivity contribution in [3.8, 4) is 5.69 Å². The van der Waals surface area contributed by atoms with Crippen LogP contribution < -0.4 is 5.32 Å². The van der Waals surface area contributed by atoms with Gasteiger partial charge in [0.25, 0.3) is 0 Å². The van der Waals surface area contributed by atoms with Crippen molar-refractivity contribution in [2.75, 3.05) is 0 Å². The van der Waals surface area contributed by atoms with E-state index in [-0.39, 0.29) is 11.2 Å². The maximum Gasteiger partial charge on any atom is 0.233 e. The second kappa shape index (κ2) is 7.89. The van der Waals surface area contributed by atoms with Crippen LogP contribution in [0.25, 0.3) is 5.69 Å². The lowest BCUT2D eigenvalue weighted by Gasteiger charge is -2.14. The summed E-state index contributed by atoms with van der Waals surface area (Å²) in [6.45, 7) is 6.65. The summed E-state index contributed by atoms with van der Waals surface area (Å²) in [5, 5.41) is 5.62. The summed E-state index contributed by atoms with van der Waals surface area (Å²) in [5.74, 6) is 0.0221. The predicted molar refractivity (Wildman–Crippen MR) is 105 cm³/mol. The van der Waals surface area contributed by atoms with Crippen molar-refractivity contribution < 1.29 is 4.79 Å². The molecule has 0 spiro atoms. The molecule has 1 N–H and O–H groups in total. The quantitative estimate of drug-likeness (QED) is 0.656. The molecule has 6 heteroatoms. The van der Waals surface area contributed by atoms with Gasteiger partial charge in [-0.25, -0.2) is 4.98 Å². The van der Waals surface area contributed by atoms with Crippen molar-refractivity contribution in [2.45, 2.75) is 37.7 Å². The van der Waals surface area contributed by atoms with Gasteiger partial charge in [0.05, 0.1) is 17.5 Å². The molecule has 0 bridgehead atoms. The van der Waals surface area contributed by atoms with Crippen molar-refractivity contribution in [1.82, 2.24) is 14.9 Å². The van der Waals surface area contributed by atoms with Crippen molar-refractivity contribution in [1.29, 1.82) is 0 Å². The fourth-order valence-corrected chi connectivity index (χ4v) is 4.03. The Morgan fingerprint density at radius 3 is 2.96 bits per heavy atom. The number of aromatic nitrogens is 2. The first-order valence-corrected chi connectivity index (χ1v) is 9.88. The number of thioether (sulfide) groups is 1. The molecule has 0 aliphatic heterocycles. The van der Waals surface area contributed by atoms with E-state index in [1.807, 2.05) is 30.6 Å². The number of thiophene rings is 1. The number of hydrogen-bond acceptors (Lipinski definition) is 4. The van der Waals surface area contributed by atoms with Crippen LogP contribution in [0.5, 0.6) is 0 Å². The Morgan fingerprint density at radius 2 is 2.20 bits per heavy atom. The third-order valence-corrected chi connectivity index (χ3v) is 5.86. The van der Waals surface area contributed by atoms with Gasteiger partial charge in [0.1, 0.15) is 0 Å². The molecule has 3 rings (SSSR count). The number of nitrogens with zero attached hydrogens (tertiary/aromatic N) is 2. The summed E-state index contributed by atoms with van der Waals surface area (Å²) < 4.78 is 2.05. The van der Waals surface area contributed by atoms with Crippen LogP contribution in [0.4, 0.5) is 0 Å². The Hall–Kier alpha value is -2.05. The molecular weight excluding hydrogens is 350 g/mol. The third-order valence-electron chi connectivity index (χ3n) is 3.90. The van der Waals surface area contributed by atoms with Gasteiger partial charge >= 0.3 is 0 Å². The molecule has 2 aromatic heterocycles. The summed E-state index contributed by atoms with van der Waals surface area (Å²) >= 11 is 3.12. The standard InChI is InChI=1S/C19H21N3OS2/c1-13-6-7-14(2)17(11-13)22-9-8-20-19(22)25-15(3)18(23)21-12-16-5-4-10-24-16/h4-11,15H,12H2,1-3H3,(H,21,23)/t15-/m0/s1. The summed E-state index contributed by atoms with van der Waals surface area (Å²) in [4.78, 5) is 18.0. The van der Waals surface area contributed by atoms with Gasteiger partial charge in [0, 0.05) is 17.3 Å². The number of rotatable bonds is 6. The Bertz CT molecular complexity index is 855. The van der Waals surface area contributed by atoms with Gasteiger partial charge in [-0.1, -0.05) is 30.0 Å². The van der Waals surface area contributed by atoms with Crippen LogP contribution in [0.3, 0.4) is 0 Å². The predicted octanol–water partition coefficient (Wildman–Crippen LogP) is 4.35. The first-order chi connectivity index (χ1) is 12.0. The lowest BCUT2D eigenvalue weighted by molar-refractivity contribution is -0.120. The maximum absolute atomic E-state index is 12.4. The molecule has 1 atom stereocenters. The van der Waals surface area contributed by atoms with Gasteiger partial charge in [-0.3, -0.25) is 9.36 Å². The van der Waals surface area contributed by atoms with Gasteiger partial charge in [0.15, 0.2) is 5.16 Å². The van der Waals surface area contributed by atoms with E-state index in [1.165, 1.54) is 22.9 Å². The van der Waals surface area contributed by atoms with Gasteiger partial charge in [-0.2, -0.15) is 0 Å². The zero-order valence-electron chi connectivity index (χ0n) is 14.5. The lowest BCUT2D eigenvalue weighted by Crippen LogP contribution is -2.30. The zero-order chi connectivity index (χ0) is 17.8. The molecule has 130 valence electrons. The Morgan fingerprint density at radius 1 is 1.36 bits per heavy atom. The minimum atomic E-state index is -0.216. The summed E-state index contributed by atoms with van der Waals surface area (Å²) in [7, 11) is 0. The van der Waals surface area contributed by atoms with E-state index in [4.69, 9.17) is 0 Å². The number of aryl methyl sites for hydroxylation is 2. The molecule has 0 saturated heterocycles. The van der Waals surface area contributed by atoms with Crippen LogP contribution in [0.15, 0.2) is 53.3 Å². The van der Waals surface area contributed by atoms with Crippen molar-refractivity contribution in [2.24, 2.45) is 0 Å². The Kier molecular flexibility index (Phi) is 5.60. The molecule has 0 unspecified atom stereocenters. The molecule has 1 aromatic carbocycles. The SMILES string of the molecule is Cc1ccc(C)c(-n2ccnc2S[C@@H](C)C(=O)NCc2cccs2)c1. The van der Waals surface area contributed by atoms with Crippen molar-refractivity contribution >= 4 is 29.0 Å². The third kappa shape index (κ3) is 4.32. The highest BCUT2D eigenvalue weighted by atomic mass is 32.2. The number of amides is 1. The largest absolute Gasteiger partial charge is 0.350 e. The van der Waals surface area contributed by atoms with Gasteiger partial charge in [-0.05, 0) is 49.4 Å². The second-order valence-corrected chi connectivity index (χ2v) is 8.27. The van der Waals surface area contributed by atoms with E-state index >= 15 is 0 Å². The van der Waals surface area contributed by atoms with Crippen LogP contribution in [0, 0.1) is 13.8 Å². The van der Waals surface area contributed by atoms with E-state index in [1.54, 1.807) is 17.5 Å². The Labute approximate surface area is 156 Å². The van der Waals surface area contributed by atoms with Crippen LogP contribution in [0.1, 0.15) is 22.9 Å². The molecule has 2 heterocycles. The maximum atomic E-state index is 12.4. The van der Waals surface area contributed by atoms with Gasteiger partial charge < -0.3 is 5.32 Å². The molecule has 0 fully saturated rings. The molecule has 0 aliphatic carbocycles. The highest BCUT2D eigenvalue weighted by molar-refractivity contribution is 8.00. The first kappa shape index (κ1) is 17.8. The lowest BCUT2D eigenvalue weighted by atomic mass is 10.1. The van der Waals surface area contributed by atoms with E-state index in [0.717, 1.165) is 15.7 Å². The smallest absolute Gasteiger partial charge is 0.233 e. The second-order valence-electron chi connectivity index (χ2n) is 5.93. The van der Waals surface area contributed by atoms with Crippen molar-refractivity contribution in [3.05, 3.63) is 64.1 Å². The van der Waals surface area contributed by atoms with E-state index in [0.29, 0.717) is 6.54 Å². The number of hydrogen-bond donors (Lipinski definition) is 1. The van der Waals surface area contributed by atoms with E-state index in [9.17, 15) is 4.79 Å². The fraction of sp³-hybridized carbons (Fsp3) is 0.263. The topological polar surface area (TPSA) is 46.9 Å². The first-order valence-electron chi connectivity index (χ1n) is 8.12. The molecule has 25 heavy (non-hydrogen) atoms. The number of carbonyl (C=O) groups is 1. The fourth-order valence-electron chi connectivity index (χ4n) is 2.48. The normalized spacial score (nSPS) is 12.1. The number of carbonyl (C=O) groups excluding carboxylic acids is 1. The van der Waals surface area contributed by atoms with Crippen molar-refractivity contribution in [3.63, 3.8) is 0 Å². The van der Waals surface area contributed by atoms with Crippen LogP contribution in [-0.4, -0.2) is 20.7 Å². The number of nitrogens with one attached hydrogen (secondary N) is 1. The minimum absolute atomic E-state index is 0.0221. The zero-order valence-corrected chi connectivity index (χ0v) is 16.2. The minimum Gasteiger partial charge on any atom is -0.350 e. The molecule has 0 radical (unpaired) electrons. The number of benzene rings is 1. The monoisotopic (exact) mass is 371 g/mol. The molecule has 3 aromatic rings. The van der Waals surface area contributed by atoms with E-state index < -0.39 is 0 Å². The highest BCUT2D eigenvalue weighted by Gasteiger charge is 2.18. The van der Waals surface area contributed by atoms with Crippen LogP contribution >= 0.6 is 23.1 Å². The van der Waals surface area contributed by atoms with E-state index in [2.05, 4.69) is 46.9 Å². The number of imidazole rings is 1. The van der Waals surface area contributed by atoms with Crippen LogP contribution in [-0.2, 0) is 11.3 Å². The van der Waals surface area contributed by atoms with Crippen LogP contribution in [0.2, 0.25) is 0 Å². The molecule has 0 aliphatic rings. The average Bonchev–Trinajstić information content (AvgIpc) is 3.26. The summed E-state index contributed by atoms with van der Waals surface area (Å²) in [6, 6.07) is 10.4. The molecule has 0 saturated carbocycles.